The van der Waals surface area contributed by atoms with Gasteiger partial charge in [0, 0.05) is 17.7 Å². The predicted molar refractivity (Wildman–Crippen MR) is 180 cm³/mol. The van der Waals surface area contributed by atoms with Gasteiger partial charge in [-0.15, -0.1) is 0 Å². The molecule has 10 heteroatoms. The minimum atomic E-state index is -1.17. The van der Waals surface area contributed by atoms with E-state index in [1.807, 2.05) is 83.1 Å². The standard InChI is InChI=1S/C35H51N3O6S/c1-22-17-18-23(2)25(19-22)28(38(33(3,4)5)30(40)27(21-45)37-32(42)44-35(9,10)11)29(39)36-26(31(41)43-34(6,7)8)20-24-15-13-12-14-16-24/h12-19,26-28,45H,20-21H2,1-11H3,(H,36,39)(H,37,42). The van der Waals surface area contributed by atoms with Gasteiger partial charge in [-0.05, 0) is 92.9 Å². The van der Waals surface area contributed by atoms with E-state index in [4.69, 9.17) is 9.47 Å². The van der Waals surface area contributed by atoms with E-state index >= 15 is 0 Å². The number of hydrogen-bond donors (Lipinski definition) is 3. The van der Waals surface area contributed by atoms with Crippen molar-refractivity contribution in [3.8, 4) is 0 Å². The van der Waals surface area contributed by atoms with Crippen molar-refractivity contribution in [2.45, 2.75) is 117 Å². The normalized spacial score (nSPS) is 14.0. The second kappa shape index (κ2) is 15.2. The fourth-order valence-corrected chi connectivity index (χ4v) is 5.01. The molecule has 2 rings (SSSR count). The van der Waals surface area contributed by atoms with Crippen molar-refractivity contribution in [2.24, 2.45) is 0 Å². The summed E-state index contributed by atoms with van der Waals surface area (Å²) >= 11 is 4.37. The number of rotatable bonds is 10. The van der Waals surface area contributed by atoms with Gasteiger partial charge in [0.2, 0.25) is 11.8 Å². The number of amides is 3. The van der Waals surface area contributed by atoms with Crippen LogP contribution in [-0.2, 0) is 30.3 Å². The first-order valence-corrected chi connectivity index (χ1v) is 15.8. The van der Waals surface area contributed by atoms with Crippen molar-refractivity contribution < 1.29 is 28.7 Å². The highest BCUT2D eigenvalue weighted by Crippen LogP contribution is 2.33. The van der Waals surface area contributed by atoms with E-state index < -0.39 is 58.7 Å². The third-order valence-corrected chi connectivity index (χ3v) is 7.02. The molecule has 9 nitrogen and oxygen atoms in total. The lowest BCUT2D eigenvalue weighted by Gasteiger charge is -2.43. The summed E-state index contributed by atoms with van der Waals surface area (Å²) < 4.78 is 11.1. The lowest BCUT2D eigenvalue weighted by atomic mass is 9.91. The first kappa shape index (κ1) is 37.7. The molecule has 0 radical (unpaired) electrons. The fourth-order valence-electron chi connectivity index (χ4n) is 4.77. The second-order valence-corrected chi connectivity index (χ2v) is 14.7. The highest BCUT2D eigenvalue weighted by Gasteiger charge is 2.43. The maximum Gasteiger partial charge on any atom is 0.408 e. The van der Waals surface area contributed by atoms with Crippen LogP contribution in [0.2, 0.25) is 0 Å². The van der Waals surface area contributed by atoms with E-state index in [9.17, 15) is 19.2 Å². The van der Waals surface area contributed by atoms with Gasteiger partial charge in [0.25, 0.3) is 0 Å². The molecule has 0 saturated carbocycles. The number of aryl methyl sites for hydroxylation is 2. The van der Waals surface area contributed by atoms with E-state index in [-0.39, 0.29) is 12.2 Å². The van der Waals surface area contributed by atoms with Gasteiger partial charge in [-0.3, -0.25) is 9.59 Å². The van der Waals surface area contributed by atoms with E-state index in [1.54, 1.807) is 41.5 Å². The quantitative estimate of drug-likeness (QED) is 0.221. The van der Waals surface area contributed by atoms with Crippen LogP contribution in [0, 0.1) is 13.8 Å². The molecule has 0 spiro atoms. The lowest BCUT2D eigenvalue weighted by Crippen LogP contribution is -2.60. The van der Waals surface area contributed by atoms with Crippen molar-refractivity contribution in [2.75, 3.05) is 5.75 Å². The summed E-state index contributed by atoms with van der Waals surface area (Å²) in [6.45, 7) is 19.7. The van der Waals surface area contributed by atoms with Crippen LogP contribution in [0.15, 0.2) is 48.5 Å². The molecule has 45 heavy (non-hydrogen) atoms. The average Bonchev–Trinajstić information content (AvgIpc) is 2.89. The number of alkyl carbamates (subject to hydrolysis) is 1. The number of benzene rings is 2. The molecule has 3 atom stereocenters. The smallest absolute Gasteiger partial charge is 0.408 e. The monoisotopic (exact) mass is 641 g/mol. The average molecular weight is 642 g/mol. The Kier molecular flexibility index (Phi) is 12.7. The van der Waals surface area contributed by atoms with Crippen LogP contribution >= 0.6 is 12.6 Å². The minimum absolute atomic E-state index is 0.0413. The number of carbonyl (C=O) groups excluding carboxylic acids is 4. The molecule has 2 aromatic rings. The molecular formula is C35H51N3O6S. The number of thiol groups is 1. The van der Waals surface area contributed by atoms with Gasteiger partial charge in [-0.2, -0.15) is 12.6 Å². The van der Waals surface area contributed by atoms with E-state index in [1.165, 1.54) is 4.90 Å². The molecule has 0 aliphatic heterocycles. The fraction of sp³-hybridized carbons (Fsp3) is 0.543. The Labute approximate surface area is 274 Å². The molecule has 3 amide bonds. The molecule has 2 N–H and O–H groups in total. The molecule has 0 aliphatic carbocycles. The zero-order valence-electron chi connectivity index (χ0n) is 28.6. The molecule has 3 unspecified atom stereocenters. The summed E-state index contributed by atoms with van der Waals surface area (Å²) in [6.07, 6.45) is -0.589. The van der Waals surface area contributed by atoms with Crippen LogP contribution < -0.4 is 10.6 Å². The van der Waals surface area contributed by atoms with Crippen molar-refractivity contribution in [3.63, 3.8) is 0 Å². The van der Waals surface area contributed by atoms with Crippen LogP contribution in [0.3, 0.4) is 0 Å². The Bertz CT molecular complexity index is 1340. The number of nitrogens with one attached hydrogen (secondary N) is 2. The Morgan fingerprint density at radius 3 is 1.89 bits per heavy atom. The SMILES string of the molecule is Cc1ccc(C)c(C(C(=O)NC(Cc2ccccc2)C(=O)OC(C)(C)C)N(C(=O)C(CS)NC(=O)OC(C)(C)C)C(C)(C)C)c1. The summed E-state index contributed by atoms with van der Waals surface area (Å²) in [6, 6.07) is 11.7. The maximum atomic E-state index is 14.5. The van der Waals surface area contributed by atoms with Crippen LogP contribution in [0.4, 0.5) is 4.79 Å². The van der Waals surface area contributed by atoms with Gasteiger partial charge in [-0.1, -0.05) is 54.1 Å². The molecule has 0 aromatic heterocycles. The lowest BCUT2D eigenvalue weighted by molar-refractivity contribution is -0.159. The van der Waals surface area contributed by atoms with Gasteiger partial charge in [0.05, 0.1) is 0 Å². The Hall–Kier alpha value is -3.53. The maximum absolute atomic E-state index is 14.5. The molecule has 0 fully saturated rings. The Morgan fingerprint density at radius 2 is 1.38 bits per heavy atom. The van der Waals surface area contributed by atoms with Gasteiger partial charge in [0.15, 0.2) is 0 Å². The van der Waals surface area contributed by atoms with Crippen molar-refractivity contribution in [1.82, 2.24) is 15.5 Å². The molecule has 248 valence electrons. The number of ether oxygens (including phenoxy) is 2. The third-order valence-electron chi connectivity index (χ3n) is 6.66. The first-order chi connectivity index (χ1) is 20.6. The Balaban J connectivity index is 2.66. The highest BCUT2D eigenvalue weighted by atomic mass is 32.1. The van der Waals surface area contributed by atoms with Crippen LogP contribution in [0.25, 0.3) is 0 Å². The topological polar surface area (TPSA) is 114 Å². The van der Waals surface area contributed by atoms with Gasteiger partial charge in [0.1, 0.15) is 29.3 Å². The van der Waals surface area contributed by atoms with Gasteiger partial charge < -0.3 is 25.0 Å². The zero-order valence-corrected chi connectivity index (χ0v) is 29.5. The molecule has 0 saturated heterocycles. The van der Waals surface area contributed by atoms with Crippen LogP contribution in [-0.4, -0.2) is 63.4 Å². The van der Waals surface area contributed by atoms with E-state index in [2.05, 4.69) is 23.3 Å². The molecule has 2 aromatic carbocycles. The van der Waals surface area contributed by atoms with Gasteiger partial charge in [-0.25, -0.2) is 9.59 Å². The number of nitrogens with zero attached hydrogens (tertiary/aromatic N) is 1. The summed E-state index contributed by atoms with van der Waals surface area (Å²) in [5, 5.41) is 5.56. The highest BCUT2D eigenvalue weighted by molar-refractivity contribution is 7.80. The molecule has 0 aliphatic rings. The summed E-state index contributed by atoms with van der Waals surface area (Å²) in [4.78, 5) is 56.6. The summed E-state index contributed by atoms with van der Waals surface area (Å²) in [5.41, 5.74) is 0.610. The summed E-state index contributed by atoms with van der Waals surface area (Å²) in [7, 11) is 0. The van der Waals surface area contributed by atoms with Crippen molar-refractivity contribution in [1.29, 1.82) is 0 Å². The minimum Gasteiger partial charge on any atom is -0.458 e. The third kappa shape index (κ3) is 11.7. The zero-order chi connectivity index (χ0) is 34.3. The first-order valence-electron chi connectivity index (χ1n) is 15.2. The number of hydrogen-bond acceptors (Lipinski definition) is 7. The largest absolute Gasteiger partial charge is 0.458 e. The van der Waals surface area contributed by atoms with Crippen LogP contribution in [0.1, 0.15) is 90.6 Å². The summed E-state index contributed by atoms with van der Waals surface area (Å²) in [5.74, 6) is -1.72. The number of esters is 1. The van der Waals surface area contributed by atoms with E-state index in [0.717, 1.165) is 16.7 Å². The molecular weight excluding hydrogens is 590 g/mol. The second-order valence-electron chi connectivity index (χ2n) is 14.3. The predicted octanol–water partition coefficient (Wildman–Crippen LogP) is 5.86. The van der Waals surface area contributed by atoms with Crippen molar-refractivity contribution in [3.05, 3.63) is 70.8 Å². The van der Waals surface area contributed by atoms with Gasteiger partial charge >= 0.3 is 12.1 Å². The molecule has 0 heterocycles. The van der Waals surface area contributed by atoms with Crippen LogP contribution in [0.5, 0.6) is 0 Å². The molecule has 0 bridgehead atoms. The Morgan fingerprint density at radius 1 is 0.800 bits per heavy atom. The number of carbonyl (C=O) groups is 4. The van der Waals surface area contributed by atoms with Crippen molar-refractivity contribution >= 4 is 36.5 Å². The van der Waals surface area contributed by atoms with E-state index in [0.29, 0.717) is 5.56 Å².